The molecular formula is C13H17N3. The zero-order chi connectivity index (χ0) is 11.4. The van der Waals surface area contributed by atoms with E-state index < -0.39 is 0 Å². The van der Waals surface area contributed by atoms with Gasteiger partial charge >= 0.3 is 0 Å². The lowest BCUT2D eigenvalue weighted by Crippen LogP contribution is -2.22. The second-order valence-electron chi connectivity index (χ2n) is 3.95. The summed E-state index contributed by atoms with van der Waals surface area (Å²) < 4.78 is 1.89. The molecule has 3 heteroatoms. The van der Waals surface area contributed by atoms with E-state index in [1.54, 1.807) is 6.20 Å². The van der Waals surface area contributed by atoms with Gasteiger partial charge in [-0.05, 0) is 30.5 Å². The Morgan fingerprint density at radius 2 is 2.12 bits per heavy atom. The molecule has 1 heterocycles. The lowest BCUT2D eigenvalue weighted by atomic mass is 10.0. The maximum atomic E-state index is 6.00. The highest BCUT2D eigenvalue weighted by molar-refractivity contribution is 5.40. The Morgan fingerprint density at radius 3 is 2.81 bits per heavy atom. The van der Waals surface area contributed by atoms with Crippen LogP contribution in [0.1, 0.15) is 18.9 Å². The lowest BCUT2D eigenvalue weighted by Gasteiger charge is -2.13. The van der Waals surface area contributed by atoms with Crippen molar-refractivity contribution in [2.24, 2.45) is 5.73 Å². The molecule has 0 fully saturated rings. The van der Waals surface area contributed by atoms with Gasteiger partial charge in [0.05, 0.1) is 5.69 Å². The van der Waals surface area contributed by atoms with Crippen LogP contribution in [-0.2, 0) is 6.42 Å². The Morgan fingerprint density at radius 1 is 1.31 bits per heavy atom. The van der Waals surface area contributed by atoms with E-state index in [4.69, 9.17) is 5.73 Å². The fourth-order valence-corrected chi connectivity index (χ4v) is 1.75. The smallest absolute Gasteiger partial charge is 0.0678 e. The number of hydrogen-bond acceptors (Lipinski definition) is 2. The maximum absolute atomic E-state index is 6.00. The Bertz CT molecular complexity index is 434. The van der Waals surface area contributed by atoms with Gasteiger partial charge in [0.1, 0.15) is 0 Å². The van der Waals surface area contributed by atoms with Crippen LogP contribution in [0.15, 0.2) is 42.7 Å². The highest BCUT2D eigenvalue weighted by Gasteiger charge is 2.07. The molecule has 0 aliphatic rings. The van der Waals surface area contributed by atoms with E-state index in [9.17, 15) is 0 Å². The van der Waals surface area contributed by atoms with Gasteiger partial charge in [0.15, 0.2) is 0 Å². The van der Waals surface area contributed by atoms with Gasteiger partial charge in [0, 0.05) is 18.4 Å². The maximum Gasteiger partial charge on any atom is 0.0678 e. The van der Waals surface area contributed by atoms with E-state index in [1.807, 2.05) is 29.1 Å². The molecule has 0 aliphatic heterocycles. The van der Waals surface area contributed by atoms with Gasteiger partial charge in [-0.1, -0.05) is 25.1 Å². The molecule has 0 aliphatic carbocycles. The number of rotatable bonds is 4. The summed E-state index contributed by atoms with van der Waals surface area (Å²) in [6, 6.07) is 10.4. The third-order valence-electron chi connectivity index (χ3n) is 2.75. The van der Waals surface area contributed by atoms with Crippen LogP contribution in [-0.4, -0.2) is 15.8 Å². The predicted molar refractivity (Wildman–Crippen MR) is 65.5 cm³/mol. The van der Waals surface area contributed by atoms with Gasteiger partial charge in [-0.3, -0.25) is 0 Å². The van der Waals surface area contributed by atoms with Gasteiger partial charge in [-0.2, -0.15) is 5.10 Å². The summed E-state index contributed by atoms with van der Waals surface area (Å²) in [7, 11) is 0. The first-order chi connectivity index (χ1) is 7.81. The van der Waals surface area contributed by atoms with E-state index in [-0.39, 0.29) is 6.04 Å². The third kappa shape index (κ3) is 2.31. The van der Waals surface area contributed by atoms with Crippen molar-refractivity contribution < 1.29 is 0 Å². The van der Waals surface area contributed by atoms with Crippen LogP contribution in [0.3, 0.4) is 0 Å². The fourth-order valence-electron chi connectivity index (χ4n) is 1.75. The van der Waals surface area contributed by atoms with Crippen molar-refractivity contribution in [2.45, 2.75) is 25.8 Å². The highest BCUT2D eigenvalue weighted by atomic mass is 15.3. The minimum atomic E-state index is 0.219. The molecule has 1 aromatic heterocycles. The highest BCUT2D eigenvalue weighted by Crippen LogP contribution is 2.15. The Hall–Kier alpha value is -1.61. The number of aromatic nitrogens is 2. The Kier molecular flexibility index (Phi) is 3.37. The van der Waals surface area contributed by atoms with E-state index in [1.165, 1.54) is 5.56 Å². The number of para-hydroxylation sites is 1. The van der Waals surface area contributed by atoms with Crippen molar-refractivity contribution >= 4 is 0 Å². The molecule has 1 unspecified atom stereocenters. The van der Waals surface area contributed by atoms with Crippen LogP contribution in [0, 0.1) is 0 Å². The molecule has 0 radical (unpaired) electrons. The van der Waals surface area contributed by atoms with Gasteiger partial charge in [-0.25, -0.2) is 4.68 Å². The minimum Gasteiger partial charge on any atom is -0.327 e. The molecule has 2 aromatic rings. The lowest BCUT2D eigenvalue weighted by molar-refractivity contribution is 0.642. The van der Waals surface area contributed by atoms with Gasteiger partial charge < -0.3 is 5.73 Å². The molecule has 84 valence electrons. The first-order valence-electron chi connectivity index (χ1n) is 5.64. The van der Waals surface area contributed by atoms with E-state index in [0.29, 0.717) is 0 Å². The summed E-state index contributed by atoms with van der Waals surface area (Å²) in [4.78, 5) is 0. The second kappa shape index (κ2) is 4.94. The van der Waals surface area contributed by atoms with Crippen molar-refractivity contribution in [1.29, 1.82) is 0 Å². The third-order valence-corrected chi connectivity index (χ3v) is 2.75. The summed E-state index contributed by atoms with van der Waals surface area (Å²) >= 11 is 0. The van der Waals surface area contributed by atoms with Gasteiger partial charge in [-0.15, -0.1) is 0 Å². The summed E-state index contributed by atoms with van der Waals surface area (Å²) in [5, 5.41) is 4.26. The minimum absolute atomic E-state index is 0.219. The first kappa shape index (κ1) is 10.9. The van der Waals surface area contributed by atoms with E-state index >= 15 is 0 Å². The molecule has 16 heavy (non-hydrogen) atoms. The first-order valence-corrected chi connectivity index (χ1v) is 5.64. The molecular weight excluding hydrogens is 198 g/mol. The van der Waals surface area contributed by atoms with Crippen LogP contribution < -0.4 is 5.73 Å². The second-order valence-corrected chi connectivity index (χ2v) is 3.95. The topological polar surface area (TPSA) is 43.8 Å². The Balaban J connectivity index is 2.31. The zero-order valence-corrected chi connectivity index (χ0v) is 9.50. The monoisotopic (exact) mass is 215 g/mol. The van der Waals surface area contributed by atoms with Crippen LogP contribution in [0.25, 0.3) is 5.69 Å². The molecule has 1 atom stereocenters. The average molecular weight is 215 g/mol. The average Bonchev–Trinajstić information content (AvgIpc) is 2.83. The van der Waals surface area contributed by atoms with Crippen molar-refractivity contribution in [3.63, 3.8) is 0 Å². The summed E-state index contributed by atoms with van der Waals surface area (Å²) in [6.07, 6.45) is 5.63. The molecule has 0 amide bonds. The molecule has 0 spiro atoms. The number of benzene rings is 1. The zero-order valence-electron chi connectivity index (χ0n) is 9.50. The van der Waals surface area contributed by atoms with Crippen LogP contribution >= 0.6 is 0 Å². The normalized spacial score (nSPS) is 12.6. The molecule has 2 rings (SSSR count). The van der Waals surface area contributed by atoms with Crippen molar-refractivity contribution in [1.82, 2.24) is 9.78 Å². The standard InChI is InChI=1S/C13H17N3/c1-2-12(14)10-11-6-3-4-7-13(11)16-9-5-8-15-16/h3-9,12H,2,10,14H2,1H3. The SMILES string of the molecule is CCC(N)Cc1ccccc1-n1cccn1. The van der Waals surface area contributed by atoms with Crippen molar-refractivity contribution in [3.8, 4) is 5.69 Å². The van der Waals surface area contributed by atoms with E-state index in [0.717, 1.165) is 18.5 Å². The van der Waals surface area contributed by atoms with Crippen LogP contribution in [0.2, 0.25) is 0 Å². The molecule has 0 bridgehead atoms. The van der Waals surface area contributed by atoms with Crippen molar-refractivity contribution in [2.75, 3.05) is 0 Å². The van der Waals surface area contributed by atoms with Crippen molar-refractivity contribution in [3.05, 3.63) is 48.3 Å². The molecule has 3 nitrogen and oxygen atoms in total. The Labute approximate surface area is 95.9 Å². The van der Waals surface area contributed by atoms with Crippen LogP contribution in [0.5, 0.6) is 0 Å². The molecule has 1 aromatic carbocycles. The van der Waals surface area contributed by atoms with E-state index in [2.05, 4.69) is 24.2 Å². The van der Waals surface area contributed by atoms with Gasteiger partial charge in [0.2, 0.25) is 0 Å². The summed E-state index contributed by atoms with van der Waals surface area (Å²) in [6.45, 7) is 2.11. The number of nitrogens with two attached hydrogens (primary N) is 1. The summed E-state index contributed by atoms with van der Waals surface area (Å²) in [5.74, 6) is 0. The van der Waals surface area contributed by atoms with Gasteiger partial charge in [0.25, 0.3) is 0 Å². The quantitative estimate of drug-likeness (QED) is 0.849. The predicted octanol–water partition coefficient (Wildman–Crippen LogP) is 2.15. The molecule has 0 saturated heterocycles. The number of hydrogen-bond donors (Lipinski definition) is 1. The van der Waals surface area contributed by atoms with Crippen LogP contribution in [0.4, 0.5) is 0 Å². The number of nitrogens with zero attached hydrogens (tertiary/aromatic N) is 2. The summed E-state index contributed by atoms with van der Waals surface area (Å²) in [5.41, 5.74) is 8.37. The largest absolute Gasteiger partial charge is 0.327 e. The molecule has 0 saturated carbocycles. The molecule has 2 N–H and O–H groups in total. The fraction of sp³-hybridized carbons (Fsp3) is 0.308.